The summed E-state index contributed by atoms with van der Waals surface area (Å²) in [6, 6.07) is 7.98. The number of fused-ring (bicyclic) bond motifs is 3. The lowest BCUT2D eigenvalue weighted by Crippen LogP contribution is -2.42. The van der Waals surface area contributed by atoms with Crippen LogP contribution >= 0.6 is 0 Å². The molecule has 2 aliphatic heterocycles. The predicted molar refractivity (Wildman–Crippen MR) is 86.3 cm³/mol. The number of carbonyl (C=O) groups excluding carboxylic acids is 1. The van der Waals surface area contributed by atoms with Crippen LogP contribution in [0.1, 0.15) is 36.0 Å². The maximum absolute atomic E-state index is 12.8. The van der Waals surface area contributed by atoms with Crippen molar-refractivity contribution in [2.75, 3.05) is 0 Å². The molecule has 0 saturated carbocycles. The summed E-state index contributed by atoms with van der Waals surface area (Å²) >= 11 is 0. The lowest BCUT2D eigenvalue weighted by atomic mass is 10.0. The van der Waals surface area contributed by atoms with Gasteiger partial charge in [-0.2, -0.15) is 0 Å². The van der Waals surface area contributed by atoms with Gasteiger partial charge in [-0.3, -0.25) is 0 Å². The fourth-order valence-electron chi connectivity index (χ4n) is 4.03. The summed E-state index contributed by atoms with van der Waals surface area (Å²) in [5.41, 5.74) is 1.01. The van der Waals surface area contributed by atoms with E-state index < -0.39 is 18.9 Å². The number of carbonyl (C=O) groups is 1. The van der Waals surface area contributed by atoms with E-state index in [1.807, 2.05) is 0 Å². The molecule has 24 heavy (non-hydrogen) atoms. The van der Waals surface area contributed by atoms with E-state index in [0.29, 0.717) is 28.6 Å². The van der Waals surface area contributed by atoms with Crippen LogP contribution in [0, 0.1) is 0 Å². The van der Waals surface area contributed by atoms with Crippen LogP contribution in [0.25, 0.3) is 10.9 Å². The number of aromatic nitrogens is 1. The van der Waals surface area contributed by atoms with Crippen molar-refractivity contribution in [1.82, 2.24) is 9.88 Å². The minimum Gasteiger partial charge on any atom is -0.459 e. The molecule has 128 valence electrons. The van der Waals surface area contributed by atoms with Gasteiger partial charge >= 0.3 is 5.97 Å². The summed E-state index contributed by atoms with van der Waals surface area (Å²) in [7, 11) is 0. The molecule has 4 rings (SSSR count). The van der Waals surface area contributed by atoms with E-state index in [2.05, 4.69) is 5.32 Å². The molecule has 2 saturated heterocycles. The number of ether oxygens (including phenoxy) is 1. The fourth-order valence-corrected chi connectivity index (χ4v) is 4.03. The Balaban J connectivity index is 1.57. The number of piperidine rings is 1. The second-order valence-electron chi connectivity index (χ2n) is 6.74. The van der Waals surface area contributed by atoms with E-state index in [1.165, 1.54) is 10.8 Å². The van der Waals surface area contributed by atoms with Crippen LogP contribution in [-0.2, 0) is 11.3 Å². The number of esters is 1. The number of rotatable bonds is 4. The molecule has 2 fully saturated rings. The van der Waals surface area contributed by atoms with E-state index >= 15 is 0 Å². The van der Waals surface area contributed by atoms with Gasteiger partial charge in [0, 0.05) is 29.2 Å². The van der Waals surface area contributed by atoms with Crippen LogP contribution in [0.2, 0.25) is 0 Å². The molecule has 1 N–H and O–H groups in total. The van der Waals surface area contributed by atoms with Gasteiger partial charge in [-0.15, -0.1) is 0 Å². The average molecular weight is 334 g/mol. The third-order valence-corrected chi connectivity index (χ3v) is 5.05. The molecule has 0 radical (unpaired) electrons. The molecular formula is C18H20F2N2O2. The van der Waals surface area contributed by atoms with Gasteiger partial charge in [0.1, 0.15) is 6.10 Å². The van der Waals surface area contributed by atoms with Crippen molar-refractivity contribution in [3.8, 4) is 0 Å². The van der Waals surface area contributed by atoms with Gasteiger partial charge < -0.3 is 14.6 Å². The first-order chi connectivity index (χ1) is 11.6. The van der Waals surface area contributed by atoms with E-state index in [4.69, 9.17) is 4.74 Å². The van der Waals surface area contributed by atoms with E-state index in [1.54, 1.807) is 24.3 Å². The van der Waals surface area contributed by atoms with Gasteiger partial charge in [0.25, 0.3) is 6.43 Å². The van der Waals surface area contributed by atoms with Crippen molar-refractivity contribution in [3.63, 3.8) is 0 Å². The number of nitrogens with one attached hydrogen (secondary N) is 1. The first kappa shape index (κ1) is 15.6. The number of halogens is 2. The molecular weight excluding hydrogens is 314 g/mol. The monoisotopic (exact) mass is 334 g/mol. The van der Waals surface area contributed by atoms with Gasteiger partial charge in [0.05, 0.1) is 12.1 Å². The number of alkyl halides is 2. The van der Waals surface area contributed by atoms with E-state index in [9.17, 15) is 13.6 Å². The predicted octanol–water partition coefficient (Wildman–Crippen LogP) is 3.35. The Morgan fingerprint density at radius 2 is 1.96 bits per heavy atom. The molecule has 1 unspecified atom stereocenters. The van der Waals surface area contributed by atoms with Crippen molar-refractivity contribution in [2.45, 2.75) is 56.8 Å². The van der Waals surface area contributed by atoms with E-state index in [0.717, 1.165) is 25.7 Å². The third kappa shape index (κ3) is 2.90. The van der Waals surface area contributed by atoms with Gasteiger partial charge in [-0.05, 0) is 31.7 Å². The molecule has 2 aliphatic rings. The van der Waals surface area contributed by atoms with Gasteiger partial charge in [-0.25, -0.2) is 13.6 Å². The molecule has 3 heterocycles. The third-order valence-electron chi connectivity index (χ3n) is 5.05. The minimum absolute atomic E-state index is 0.0894. The zero-order chi connectivity index (χ0) is 16.7. The zero-order valence-electron chi connectivity index (χ0n) is 13.3. The highest BCUT2D eigenvalue weighted by molar-refractivity contribution is 6.04. The summed E-state index contributed by atoms with van der Waals surface area (Å²) in [4.78, 5) is 12.6. The highest BCUT2D eigenvalue weighted by atomic mass is 19.3. The van der Waals surface area contributed by atoms with Gasteiger partial charge in [0.15, 0.2) is 0 Å². The normalized spacial score (nSPS) is 26.2. The minimum atomic E-state index is -2.47. The molecule has 1 aromatic carbocycles. The fraction of sp³-hybridized carbons (Fsp3) is 0.500. The lowest BCUT2D eigenvalue weighted by Gasteiger charge is -2.28. The summed E-state index contributed by atoms with van der Waals surface area (Å²) in [6.07, 6.45) is 2.86. The van der Waals surface area contributed by atoms with Crippen LogP contribution in [0.5, 0.6) is 0 Å². The highest BCUT2D eigenvalue weighted by Crippen LogP contribution is 2.30. The average Bonchev–Trinajstić information content (AvgIpc) is 3.08. The summed E-state index contributed by atoms with van der Waals surface area (Å²) in [5.74, 6) is -0.412. The van der Waals surface area contributed by atoms with Crippen molar-refractivity contribution in [1.29, 1.82) is 0 Å². The molecule has 2 bridgehead atoms. The molecule has 0 spiro atoms. The first-order valence-corrected chi connectivity index (χ1v) is 8.43. The molecule has 0 aliphatic carbocycles. The van der Waals surface area contributed by atoms with Crippen LogP contribution in [0.15, 0.2) is 30.5 Å². The Bertz CT molecular complexity index is 747. The molecule has 0 amide bonds. The standard InChI is InChI=1S/C18H20F2N2O2/c19-17(20)10-22-9-15(14-3-1-2-4-16(14)22)18(23)24-13-7-11-5-6-12(8-13)21-11/h1-4,9,11-13,17,21H,5-8,10H2/t11-,12+,13?. The molecule has 3 atom stereocenters. The van der Waals surface area contributed by atoms with Gasteiger partial charge in [-0.1, -0.05) is 18.2 Å². The van der Waals surface area contributed by atoms with Crippen molar-refractivity contribution in [3.05, 3.63) is 36.0 Å². The molecule has 6 heteroatoms. The highest BCUT2D eigenvalue weighted by Gasteiger charge is 2.35. The molecule has 2 aromatic rings. The van der Waals surface area contributed by atoms with Crippen LogP contribution < -0.4 is 5.32 Å². The number of benzene rings is 1. The number of hydrogen-bond acceptors (Lipinski definition) is 3. The maximum atomic E-state index is 12.8. The Hall–Kier alpha value is -1.95. The van der Waals surface area contributed by atoms with E-state index in [-0.39, 0.29) is 6.10 Å². The Morgan fingerprint density at radius 1 is 1.25 bits per heavy atom. The summed E-state index contributed by atoms with van der Waals surface area (Å²) < 4.78 is 32.7. The molecule has 1 aromatic heterocycles. The first-order valence-electron chi connectivity index (χ1n) is 8.43. The summed E-state index contributed by atoms with van der Waals surface area (Å²) in [6.45, 7) is -0.425. The second-order valence-corrected chi connectivity index (χ2v) is 6.74. The molecule has 4 nitrogen and oxygen atoms in total. The maximum Gasteiger partial charge on any atom is 0.340 e. The Kier molecular flexibility index (Phi) is 4.00. The van der Waals surface area contributed by atoms with Gasteiger partial charge in [0.2, 0.25) is 0 Å². The SMILES string of the molecule is O=C(OC1C[C@H]2CC[C@@H](C1)N2)c1cn(CC(F)F)c2ccccc12. The quantitative estimate of drug-likeness (QED) is 0.872. The topological polar surface area (TPSA) is 43.3 Å². The van der Waals surface area contributed by atoms with Crippen molar-refractivity contribution >= 4 is 16.9 Å². The second kappa shape index (κ2) is 6.16. The smallest absolute Gasteiger partial charge is 0.340 e. The zero-order valence-corrected chi connectivity index (χ0v) is 13.3. The number of para-hydroxylation sites is 1. The van der Waals surface area contributed by atoms with Crippen LogP contribution in [0.3, 0.4) is 0 Å². The Labute approximate surface area is 138 Å². The number of hydrogen-bond donors (Lipinski definition) is 1. The Morgan fingerprint density at radius 3 is 2.67 bits per heavy atom. The summed E-state index contributed by atoms with van der Waals surface area (Å²) in [5, 5.41) is 4.18. The lowest BCUT2D eigenvalue weighted by molar-refractivity contribution is 0.0179. The van der Waals surface area contributed by atoms with Crippen molar-refractivity contribution < 1.29 is 18.3 Å². The van der Waals surface area contributed by atoms with Crippen LogP contribution in [0.4, 0.5) is 8.78 Å². The van der Waals surface area contributed by atoms with Crippen LogP contribution in [-0.4, -0.2) is 35.1 Å². The number of nitrogens with zero attached hydrogens (tertiary/aromatic N) is 1. The largest absolute Gasteiger partial charge is 0.459 e. The van der Waals surface area contributed by atoms with Crippen molar-refractivity contribution in [2.24, 2.45) is 0 Å².